The fourth-order valence-electron chi connectivity index (χ4n) is 2.35. The van der Waals surface area contributed by atoms with Gasteiger partial charge in [0.25, 0.3) is 11.1 Å². The van der Waals surface area contributed by atoms with E-state index in [9.17, 15) is 9.59 Å². The summed E-state index contributed by atoms with van der Waals surface area (Å²) in [6.07, 6.45) is 1.70. The van der Waals surface area contributed by atoms with E-state index in [0.717, 1.165) is 4.88 Å². The van der Waals surface area contributed by atoms with Crippen LogP contribution in [-0.2, 0) is 0 Å². The summed E-state index contributed by atoms with van der Waals surface area (Å²) >= 11 is 1.50. The van der Waals surface area contributed by atoms with Gasteiger partial charge in [-0.25, -0.2) is 9.38 Å². The molecule has 6 heteroatoms. The first-order chi connectivity index (χ1) is 10.2. The lowest BCUT2D eigenvalue weighted by atomic mass is 10.2. The number of aromatic amines is 1. The minimum absolute atomic E-state index is 0.239. The molecule has 102 valence electrons. The fraction of sp³-hybridized carbons (Fsp3) is 0. The molecule has 0 atom stereocenters. The summed E-state index contributed by atoms with van der Waals surface area (Å²) in [5.74, 6) is 0.270. The van der Waals surface area contributed by atoms with Gasteiger partial charge in [-0.1, -0.05) is 18.2 Å². The van der Waals surface area contributed by atoms with Crippen molar-refractivity contribution in [1.82, 2.24) is 14.4 Å². The van der Waals surface area contributed by atoms with Gasteiger partial charge in [-0.3, -0.25) is 14.6 Å². The number of aromatic nitrogens is 3. The molecular weight excluding hydrogens is 286 g/mol. The molecule has 3 heterocycles. The van der Waals surface area contributed by atoms with Crippen LogP contribution in [0.4, 0.5) is 0 Å². The summed E-state index contributed by atoms with van der Waals surface area (Å²) in [6, 6.07) is 10.8. The highest BCUT2D eigenvalue weighted by atomic mass is 32.1. The van der Waals surface area contributed by atoms with Crippen molar-refractivity contribution in [3.63, 3.8) is 0 Å². The van der Waals surface area contributed by atoms with E-state index in [-0.39, 0.29) is 16.9 Å². The van der Waals surface area contributed by atoms with Gasteiger partial charge in [-0.15, -0.1) is 11.3 Å². The number of fused-ring (bicyclic) bond motifs is 2. The van der Waals surface area contributed by atoms with Crippen LogP contribution in [0.25, 0.3) is 22.8 Å². The van der Waals surface area contributed by atoms with Gasteiger partial charge < -0.3 is 0 Å². The van der Waals surface area contributed by atoms with E-state index in [1.807, 2.05) is 23.6 Å². The molecule has 4 aromatic rings. The standard InChI is InChI=1S/C15H9N3O2S/c19-13-12(8-9-4-3-7-21-9)18-14(20)10-5-1-2-6-11(10)16-15(18)17-13/h1-8H,(H,16,17,19)/b12-8-. The molecule has 0 fully saturated rings. The van der Waals surface area contributed by atoms with E-state index in [1.54, 1.807) is 24.3 Å². The third-order valence-electron chi connectivity index (χ3n) is 3.30. The van der Waals surface area contributed by atoms with Crippen molar-refractivity contribution in [2.75, 3.05) is 0 Å². The van der Waals surface area contributed by atoms with E-state index in [1.165, 1.54) is 15.7 Å². The molecule has 0 aliphatic heterocycles. The van der Waals surface area contributed by atoms with Gasteiger partial charge in [0.1, 0.15) is 5.35 Å². The number of H-pyrrole nitrogens is 1. The van der Waals surface area contributed by atoms with Gasteiger partial charge in [0.05, 0.1) is 10.9 Å². The molecule has 0 saturated carbocycles. The fourth-order valence-corrected chi connectivity index (χ4v) is 3.00. The highest BCUT2D eigenvalue weighted by Gasteiger charge is 2.10. The van der Waals surface area contributed by atoms with Gasteiger partial charge in [-0.2, -0.15) is 0 Å². The molecule has 0 spiro atoms. The van der Waals surface area contributed by atoms with Crippen LogP contribution >= 0.6 is 11.3 Å². The van der Waals surface area contributed by atoms with Crippen LogP contribution in [0.1, 0.15) is 4.88 Å². The van der Waals surface area contributed by atoms with Crippen LogP contribution in [0.5, 0.6) is 0 Å². The minimum Gasteiger partial charge on any atom is -0.290 e. The Hall–Kier alpha value is -2.73. The number of para-hydroxylation sites is 1. The number of nitrogens with one attached hydrogen (secondary N) is 1. The SMILES string of the molecule is O=c1[nH]c2nc3ccccc3c(=O)n2/c1=C\c1cccs1. The first-order valence-electron chi connectivity index (χ1n) is 6.33. The molecule has 5 nitrogen and oxygen atoms in total. The van der Waals surface area contributed by atoms with Crippen LogP contribution in [0.3, 0.4) is 0 Å². The lowest BCUT2D eigenvalue weighted by molar-refractivity contribution is 1.05. The molecule has 1 aromatic carbocycles. The van der Waals surface area contributed by atoms with Crippen molar-refractivity contribution < 1.29 is 0 Å². The molecule has 0 saturated heterocycles. The third-order valence-corrected chi connectivity index (χ3v) is 4.12. The Kier molecular flexibility index (Phi) is 2.52. The lowest BCUT2D eigenvalue weighted by Gasteiger charge is -1.97. The second-order valence-electron chi connectivity index (χ2n) is 4.59. The zero-order valence-electron chi connectivity index (χ0n) is 10.7. The molecular formula is C15H9N3O2S. The Morgan fingerprint density at radius 1 is 1.14 bits per heavy atom. The summed E-state index contributed by atoms with van der Waals surface area (Å²) in [6.45, 7) is 0. The highest BCUT2D eigenvalue weighted by Crippen LogP contribution is 2.09. The second-order valence-corrected chi connectivity index (χ2v) is 5.57. The third kappa shape index (κ3) is 1.80. The van der Waals surface area contributed by atoms with Gasteiger partial charge >= 0.3 is 0 Å². The maximum atomic E-state index is 12.6. The average molecular weight is 295 g/mol. The second kappa shape index (κ2) is 4.39. The van der Waals surface area contributed by atoms with Crippen molar-refractivity contribution in [3.8, 4) is 0 Å². The smallest absolute Gasteiger partial charge is 0.275 e. The Balaban J connectivity index is 2.23. The van der Waals surface area contributed by atoms with E-state index < -0.39 is 0 Å². The summed E-state index contributed by atoms with van der Waals surface area (Å²) in [5, 5.41) is 2.72. The zero-order chi connectivity index (χ0) is 14.4. The number of hydrogen-bond donors (Lipinski definition) is 1. The van der Waals surface area contributed by atoms with Crippen LogP contribution in [0.2, 0.25) is 0 Å². The van der Waals surface area contributed by atoms with Crippen molar-refractivity contribution in [2.45, 2.75) is 0 Å². The van der Waals surface area contributed by atoms with E-state index in [4.69, 9.17) is 0 Å². The first-order valence-corrected chi connectivity index (χ1v) is 7.21. The van der Waals surface area contributed by atoms with Gasteiger partial charge in [0.15, 0.2) is 0 Å². The maximum Gasteiger partial charge on any atom is 0.275 e. The highest BCUT2D eigenvalue weighted by molar-refractivity contribution is 7.10. The number of nitrogens with zero attached hydrogens (tertiary/aromatic N) is 2. The Morgan fingerprint density at radius 3 is 2.81 bits per heavy atom. The van der Waals surface area contributed by atoms with Gasteiger partial charge in [0.2, 0.25) is 5.78 Å². The quantitative estimate of drug-likeness (QED) is 0.573. The van der Waals surface area contributed by atoms with E-state index >= 15 is 0 Å². The molecule has 3 aromatic heterocycles. The number of imidazole rings is 1. The Morgan fingerprint density at radius 2 is 2.00 bits per heavy atom. The maximum absolute atomic E-state index is 12.6. The summed E-state index contributed by atoms with van der Waals surface area (Å²) in [7, 11) is 0. The molecule has 4 rings (SSSR count). The molecule has 0 bridgehead atoms. The number of rotatable bonds is 1. The summed E-state index contributed by atoms with van der Waals surface area (Å²) in [4.78, 5) is 32.6. The lowest BCUT2D eigenvalue weighted by Crippen LogP contribution is -2.32. The predicted octanol–water partition coefficient (Wildman–Crippen LogP) is 1.15. The van der Waals surface area contributed by atoms with E-state index in [2.05, 4.69) is 9.97 Å². The number of hydrogen-bond acceptors (Lipinski definition) is 4. The molecule has 0 amide bonds. The van der Waals surface area contributed by atoms with Crippen molar-refractivity contribution in [2.24, 2.45) is 0 Å². The average Bonchev–Trinajstić information content (AvgIpc) is 3.09. The molecule has 0 unspecified atom stereocenters. The number of benzene rings is 1. The molecule has 0 aliphatic rings. The normalized spacial score (nSPS) is 12.5. The van der Waals surface area contributed by atoms with Crippen molar-refractivity contribution in [3.05, 3.63) is 72.7 Å². The Bertz CT molecular complexity index is 1120. The van der Waals surface area contributed by atoms with Crippen LogP contribution < -0.4 is 16.5 Å². The van der Waals surface area contributed by atoms with Crippen molar-refractivity contribution in [1.29, 1.82) is 0 Å². The molecule has 0 radical (unpaired) electrons. The zero-order valence-corrected chi connectivity index (χ0v) is 11.6. The summed E-state index contributed by atoms with van der Waals surface area (Å²) in [5.41, 5.74) is 0.0199. The first kappa shape index (κ1) is 12.0. The van der Waals surface area contributed by atoms with E-state index in [0.29, 0.717) is 16.3 Å². The van der Waals surface area contributed by atoms with Gasteiger partial charge in [0, 0.05) is 4.88 Å². The molecule has 0 aliphatic carbocycles. The van der Waals surface area contributed by atoms with Gasteiger partial charge in [-0.05, 0) is 29.7 Å². The summed E-state index contributed by atoms with van der Waals surface area (Å²) < 4.78 is 1.34. The van der Waals surface area contributed by atoms with Crippen molar-refractivity contribution >= 4 is 34.1 Å². The van der Waals surface area contributed by atoms with Crippen LogP contribution in [-0.4, -0.2) is 14.4 Å². The topological polar surface area (TPSA) is 67.2 Å². The molecule has 21 heavy (non-hydrogen) atoms. The predicted molar refractivity (Wildman–Crippen MR) is 82.7 cm³/mol. The minimum atomic E-state index is -0.316. The van der Waals surface area contributed by atoms with Crippen LogP contribution in [0, 0.1) is 0 Å². The monoisotopic (exact) mass is 295 g/mol. The largest absolute Gasteiger partial charge is 0.290 e. The number of thiophene rings is 1. The molecule has 1 N–H and O–H groups in total. The Labute approximate surface area is 121 Å². The van der Waals surface area contributed by atoms with Crippen LogP contribution in [0.15, 0.2) is 51.4 Å².